The summed E-state index contributed by atoms with van der Waals surface area (Å²) >= 11 is 0. The van der Waals surface area contributed by atoms with E-state index in [9.17, 15) is 22.8 Å². The molecular weight excluding hydrogens is 470 g/mol. The summed E-state index contributed by atoms with van der Waals surface area (Å²) in [5.74, 6) is -1.52. The lowest BCUT2D eigenvalue weighted by molar-refractivity contribution is -0.129. The van der Waals surface area contributed by atoms with Crippen molar-refractivity contribution in [1.82, 2.24) is 4.31 Å². The minimum Gasteiger partial charge on any atom is -0.452 e. The van der Waals surface area contributed by atoms with Gasteiger partial charge in [-0.15, -0.1) is 0 Å². The highest BCUT2D eigenvalue weighted by Gasteiger charge is 2.52. The Bertz CT molecular complexity index is 1280. The predicted octanol–water partition coefficient (Wildman–Crippen LogP) is 2.93. The third-order valence-corrected chi connectivity index (χ3v) is 8.92. The van der Waals surface area contributed by atoms with Gasteiger partial charge < -0.3 is 10.1 Å². The summed E-state index contributed by atoms with van der Waals surface area (Å²) in [6.07, 6.45) is 4.31. The third kappa shape index (κ3) is 4.10. The van der Waals surface area contributed by atoms with Crippen molar-refractivity contribution >= 4 is 39.2 Å². The molecular formula is C25H27N3O6S. The lowest BCUT2D eigenvalue weighted by atomic mass is 9.90. The molecule has 3 aliphatic rings. The molecule has 0 bridgehead atoms. The maximum atomic E-state index is 13.4. The van der Waals surface area contributed by atoms with Crippen molar-refractivity contribution in [2.75, 3.05) is 29.9 Å². The van der Waals surface area contributed by atoms with Crippen molar-refractivity contribution in [2.45, 2.75) is 49.0 Å². The summed E-state index contributed by atoms with van der Waals surface area (Å²) in [4.78, 5) is 40.7. The van der Waals surface area contributed by atoms with Gasteiger partial charge in [-0.1, -0.05) is 31.0 Å². The van der Waals surface area contributed by atoms with Crippen LogP contribution in [-0.4, -0.2) is 55.7 Å². The van der Waals surface area contributed by atoms with E-state index in [0.29, 0.717) is 37.3 Å². The van der Waals surface area contributed by atoms with Gasteiger partial charge in [0.25, 0.3) is 11.8 Å². The largest absolute Gasteiger partial charge is 0.452 e. The van der Waals surface area contributed by atoms with Crippen LogP contribution in [0.3, 0.4) is 0 Å². The molecule has 9 nitrogen and oxygen atoms in total. The van der Waals surface area contributed by atoms with Crippen LogP contribution in [0.25, 0.3) is 0 Å². The number of rotatable bonds is 5. The van der Waals surface area contributed by atoms with E-state index in [2.05, 4.69) is 5.32 Å². The maximum Gasteiger partial charge on any atom is 0.338 e. The summed E-state index contributed by atoms with van der Waals surface area (Å²) in [5.41, 5.74) is 0.162. The number of amides is 2. The van der Waals surface area contributed by atoms with Gasteiger partial charge in [-0.3, -0.25) is 14.5 Å². The molecule has 2 fully saturated rings. The standard InChI is InChI=1S/C25H27N3O6S/c29-22(28-21-11-2-1-10-20(21)26-24(31)25(28)12-3-4-13-25)17-34-23(30)18-8-7-9-19(16-18)35(32,33)27-14-5-6-15-27/h1-2,7-11,16H,3-6,12-15,17H2,(H,26,31). The second-order valence-electron chi connectivity index (χ2n) is 9.15. The fourth-order valence-corrected chi connectivity index (χ4v) is 6.83. The van der Waals surface area contributed by atoms with Crippen molar-refractivity contribution in [3.05, 3.63) is 54.1 Å². The van der Waals surface area contributed by atoms with Gasteiger partial charge in [-0.05, 0) is 56.0 Å². The van der Waals surface area contributed by atoms with Crippen LogP contribution in [0.5, 0.6) is 0 Å². The van der Waals surface area contributed by atoms with E-state index in [4.69, 9.17) is 4.74 Å². The number of nitrogens with one attached hydrogen (secondary N) is 1. The van der Waals surface area contributed by atoms with E-state index < -0.39 is 34.0 Å². The minimum absolute atomic E-state index is 0.0201. The number of fused-ring (bicyclic) bond motifs is 1. The average Bonchev–Trinajstić information content (AvgIpc) is 3.57. The molecule has 1 spiro atoms. The molecule has 0 atom stereocenters. The number of benzene rings is 2. The summed E-state index contributed by atoms with van der Waals surface area (Å²) in [6, 6.07) is 12.7. The zero-order valence-corrected chi connectivity index (χ0v) is 20.1. The molecule has 35 heavy (non-hydrogen) atoms. The van der Waals surface area contributed by atoms with Crippen LogP contribution < -0.4 is 10.2 Å². The molecule has 0 unspecified atom stereocenters. The van der Waals surface area contributed by atoms with Crippen LogP contribution in [0.4, 0.5) is 11.4 Å². The van der Waals surface area contributed by atoms with E-state index in [1.807, 2.05) is 0 Å². The molecule has 2 aromatic rings. The Morgan fingerprint density at radius 3 is 2.43 bits per heavy atom. The highest BCUT2D eigenvalue weighted by atomic mass is 32.2. The molecule has 184 valence electrons. The van der Waals surface area contributed by atoms with Crippen molar-refractivity contribution in [3.63, 3.8) is 0 Å². The Morgan fingerprint density at radius 1 is 0.971 bits per heavy atom. The zero-order valence-electron chi connectivity index (χ0n) is 19.2. The second-order valence-corrected chi connectivity index (χ2v) is 11.1. The predicted molar refractivity (Wildman–Crippen MR) is 128 cm³/mol. The lowest BCUT2D eigenvalue weighted by Crippen LogP contribution is -2.61. The van der Waals surface area contributed by atoms with Crippen LogP contribution in [0.15, 0.2) is 53.4 Å². The number of carbonyl (C=O) groups excluding carboxylic acids is 3. The van der Waals surface area contributed by atoms with Gasteiger partial charge in [-0.2, -0.15) is 4.31 Å². The van der Waals surface area contributed by atoms with Crippen molar-refractivity contribution < 1.29 is 27.5 Å². The van der Waals surface area contributed by atoms with Gasteiger partial charge in [-0.25, -0.2) is 13.2 Å². The Balaban J connectivity index is 1.35. The van der Waals surface area contributed by atoms with Crippen LogP contribution in [-0.2, 0) is 24.3 Å². The first-order valence-electron chi connectivity index (χ1n) is 11.8. The Hall–Kier alpha value is -3.24. The fourth-order valence-electron chi connectivity index (χ4n) is 5.26. The van der Waals surface area contributed by atoms with Crippen molar-refractivity contribution in [3.8, 4) is 0 Å². The van der Waals surface area contributed by atoms with E-state index >= 15 is 0 Å². The second kappa shape index (κ2) is 9.09. The molecule has 2 heterocycles. The Morgan fingerprint density at radius 2 is 1.69 bits per heavy atom. The molecule has 5 rings (SSSR count). The molecule has 2 amide bonds. The highest BCUT2D eigenvalue weighted by molar-refractivity contribution is 7.89. The molecule has 2 aliphatic heterocycles. The summed E-state index contributed by atoms with van der Waals surface area (Å²) in [6.45, 7) is 0.349. The minimum atomic E-state index is -3.69. The number of sulfonamides is 1. The SMILES string of the molecule is O=C(OCC(=O)N1c2ccccc2NC(=O)C12CCCC2)c1cccc(S(=O)(=O)N2CCCC2)c1. The molecule has 0 aromatic heterocycles. The van der Waals surface area contributed by atoms with Crippen LogP contribution in [0, 0.1) is 0 Å². The highest BCUT2D eigenvalue weighted by Crippen LogP contribution is 2.45. The number of esters is 1. The first-order chi connectivity index (χ1) is 16.8. The van der Waals surface area contributed by atoms with Crippen molar-refractivity contribution in [1.29, 1.82) is 0 Å². The molecule has 0 radical (unpaired) electrons. The third-order valence-electron chi connectivity index (χ3n) is 7.02. The van der Waals surface area contributed by atoms with Crippen LogP contribution in [0.2, 0.25) is 0 Å². The zero-order chi connectivity index (χ0) is 24.6. The Labute approximate surface area is 204 Å². The molecule has 10 heteroatoms. The summed E-state index contributed by atoms with van der Waals surface area (Å²) in [7, 11) is -3.69. The number of anilines is 2. The van der Waals surface area contributed by atoms with Crippen LogP contribution in [0.1, 0.15) is 48.9 Å². The van der Waals surface area contributed by atoms with Gasteiger partial charge in [0.1, 0.15) is 5.54 Å². The molecule has 1 saturated heterocycles. The van der Waals surface area contributed by atoms with E-state index in [-0.39, 0.29) is 16.4 Å². The summed E-state index contributed by atoms with van der Waals surface area (Å²) in [5, 5.41) is 2.91. The average molecular weight is 498 g/mol. The maximum absolute atomic E-state index is 13.4. The first-order valence-corrected chi connectivity index (χ1v) is 13.3. The molecule has 2 aromatic carbocycles. The quantitative estimate of drug-likeness (QED) is 0.636. The number of carbonyl (C=O) groups is 3. The number of nitrogens with zero attached hydrogens (tertiary/aromatic N) is 2. The topological polar surface area (TPSA) is 113 Å². The smallest absolute Gasteiger partial charge is 0.338 e. The molecule has 1 saturated carbocycles. The molecule has 1 aliphatic carbocycles. The monoisotopic (exact) mass is 497 g/mol. The lowest BCUT2D eigenvalue weighted by Gasteiger charge is -2.44. The van der Waals surface area contributed by atoms with E-state index in [1.54, 1.807) is 24.3 Å². The van der Waals surface area contributed by atoms with Crippen molar-refractivity contribution in [2.24, 2.45) is 0 Å². The van der Waals surface area contributed by atoms with Gasteiger partial charge in [0, 0.05) is 13.1 Å². The number of ether oxygens (including phenoxy) is 1. The first kappa shape index (κ1) is 23.5. The van der Waals surface area contributed by atoms with Gasteiger partial charge in [0.15, 0.2) is 6.61 Å². The van der Waals surface area contributed by atoms with Crippen LogP contribution >= 0.6 is 0 Å². The van der Waals surface area contributed by atoms with Gasteiger partial charge in [0.05, 0.1) is 21.8 Å². The van der Waals surface area contributed by atoms with E-state index in [1.165, 1.54) is 33.5 Å². The molecule has 1 N–H and O–H groups in total. The van der Waals surface area contributed by atoms with E-state index in [0.717, 1.165) is 25.7 Å². The summed E-state index contributed by atoms with van der Waals surface area (Å²) < 4.78 is 32.4. The Kier molecular flexibility index (Phi) is 6.10. The number of hydrogen-bond donors (Lipinski definition) is 1. The number of hydrogen-bond acceptors (Lipinski definition) is 6. The number of para-hydroxylation sites is 2. The van der Waals surface area contributed by atoms with Gasteiger partial charge >= 0.3 is 5.97 Å². The normalized spacial score (nSPS) is 19.4. The van der Waals surface area contributed by atoms with Gasteiger partial charge in [0.2, 0.25) is 10.0 Å². The fraction of sp³-hybridized carbons (Fsp3) is 0.400.